The van der Waals surface area contributed by atoms with Gasteiger partial charge in [0.05, 0.1) is 34.7 Å². The van der Waals surface area contributed by atoms with Gasteiger partial charge in [-0.25, -0.2) is 9.97 Å². The molecule has 3 heterocycles. The van der Waals surface area contributed by atoms with Gasteiger partial charge < -0.3 is 20.6 Å². The number of fused-ring (bicyclic) bond motifs is 2. The summed E-state index contributed by atoms with van der Waals surface area (Å²) in [7, 11) is 0. The predicted octanol–water partition coefficient (Wildman–Crippen LogP) is 6.97. The minimum atomic E-state index is 0.304. The molecular formula is C32H38N6. The van der Waals surface area contributed by atoms with E-state index in [4.69, 9.17) is 9.97 Å². The highest BCUT2D eigenvalue weighted by Crippen LogP contribution is 2.32. The molecule has 38 heavy (non-hydrogen) atoms. The van der Waals surface area contributed by atoms with Gasteiger partial charge in [0.25, 0.3) is 0 Å². The summed E-state index contributed by atoms with van der Waals surface area (Å²) in [4.78, 5) is 16.7. The first-order valence-corrected chi connectivity index (χ1v) is 13.9. The summed E-state index contributed by atoms with van der Waals surface area (Å²) in [6.45, 7) is 12.0. The van der Waals surface area contributed by atoms with Gasteiger partial charge in [0.1, 0.15) is 11.6 Å². The highest BCUT2D eigenvalue weighted by atomic mass is 15.1. The fourth-order valence-corrected chi connectivity index (χ4v) is 5.36. The van der Waals surface area contributed by atoms with E-state index in [0.29, 0.717) is 30.0 Å². The summed E-state index contributed by atoms with van der Waals surface area (Å²) < 4.78 is 0. The summed E-state index contributed by atoms with van der Waals surface area (Å²) in [5.41, 5.74) is 8.96. The summed E-state index contributed by atoms with van der Waals surface area (Å²) in [6, 6.07) is 23.1. The van der Waals surface area contributed by atoms with Gasteiger partial charge in [-0.15, -0.1) is 0 Å². The van der Waals surface area contributed by atoms with Crippen LogP contribution in [0.2, 0.25) is 0 Å². The Kier molecular flexibility index (Phi) is 6.54. The summed E-state index contributed by atoms with van der Waals surface area (Å²) >= 11 is 0. The highest BCUT2D eigenvalue weighted by molar-refractivity contribution is 5.84. The lowest BCUT2D eigenvalue weighted by Gasteiger charge is -2.16. The monoisotopic (exact) mass is 506 g/mol. The number of aromatic nitrogens is 4. The molecule has 1 unspecified atom stereocenters. The number of benzene rings is 3. The first-order valence-electron chi connectivity index (χ1n) is 13.9. The predicted molar refractivity (Wildman–Crippen MR) is 157 cm³/mol. The van der Waals surface area contributed by atoms with Gasteiger partial charge >= 0.3 is 0 Å². The smallest absolute Gasteiger partial charge is 0.124 e. The first kappa shape index (κ1) is 24.8. The van der Waals surface area contributed by atoms with E-state index in [9.17, 15) is 0 Å². The first-order chi connectivity index (χ1) is 18.3. The molecule has 1 saturated heterocycles. The molecule has 5 aromatic rings. The average Bonchev–Trinajstić information content (AvgIpc) is 3.62. The molecule has 6 rings (SSSR count). The molecule has 2 aromatic heterocycles. The van der Waals surface area contributed by atoms with Gasteiger partial charge in [-0.3, -0.25) is 0 Å². The maximum atomic E-state index is 4.88. The molecular weight excluding hydrogens is 468 g/mol. The van der Waals surface area contributed by atoms with E-state index in [-0.39, 0.29) is 0 Å². The molecule has 6 heteroatoms. The lowest BCUT2D eigenvalue weighted by atomic mass is 10.00. The fraction of sp³-hybridized carbons (Fsp3) is 0.375. The second-order valence-corrected chi connectivity index (χ2v) is 11.5. The number of hydrogen-bond acceptors (Lipinski definition) is 4. The van der Waals surface area contributed by atoms with Crippen LogP contribution >= 0.6 is 0 Å². The third-order valence-corrected chi connectivity index (χ3v) is 8.43. The van der Waals surface area contributed by atoms with Gasteiger partial charge in [0.2, 0.25) is 0 Å². The van der Waals surface area contributed by atoms with Crippen LogP contribution < -0.4 is 10.6 Å². The van der Waals surface area contributed by atoms with Crippen LogP contribution in [0.15, 0.2) is 60.7 Å². The van der Waals surface area contributed by atoms with Gasteiger partial charge in [-0.1, -0.05) is 57.2 Å². The number of rotatable bonds is 7. The zero-order chi connectivity index (χ0) is 26.4. The highest BCUT2D eigenvalue weighted by Gasteiger charge is 2.30. The van der Waals surface area contributed by atoms with E-state index in [0.717, 1.165) is 46.7 Å². The third kappa shape index (κ3) is 4.86. The maximum Gasteiger partial charge on any atom is 0.124 e. The minimum absolute atomic E-state index is 0.304. The van der Waals surface area contributed by atoms with Crippen LogP contribution in [0.4, 0.5) is 0 Å². The quantitative estimate of drug-likeness (QED) is 0.192. The summed E-state index contributed by atoms with van der Waals surface area (Å²) in [5.74, 6) is 3.28. The van der Waals surface area contributed by atoms with Crippen molar-refractivity contribution in [3.05, 3.63) is 72.3 Å². The van der Waals surface area contributed by atoms with E-state index in [2.05, 4.69) is 116 Å². The SMILES string of the molecule is CC(C)[C@@H](C)NCc1nc2ccc(-c3ccc(-c4ccc5nc([C@@H]6CC(C)[C@@H](C)N6)[nH]c5c4)cc3)cc2[nH]1. The molecule has 6 nitrogen and oxygen atoms in total. The third-order valence-electron chi connectivity index (χ3n) is 8.43. The Balaban J connectivity index is 1.19. The second kappa shape index (κ2) is 10.0. The molecule has 0 saturated carbocycles. The number of imidazole rings is 2. The molecule has 4 N–H and O–H groups in total. The molecule has 0 aliphatic carbocycles. The Bertz CT molecular complexity index is 1550. The van der Waals surface area contributed by atoms with Gasteiger partial charge in [0, 0.05) is 12.1 Å². The van der Waals surface area contributed by atoms with Gasteiger partial charge in [-0.05, 0) is 78.6 Å². The normalized spacial score (nSPS) is 20.6. The molecule has 1 aliphatic rings. The zero-order valence-electron chi connectivity index (χ0n) is 23.0. The number of H-pyrrole nitrogens is 2. The van der Waals surface area contributed by atoms with Crippen molar-refractivity contribution in [1.29, 1.82) is 0 Å². The van der Waals surface area contributed by atoms with E-state index < -0.39 is 0 Å². The number of hydrogen-bond donors (Lipinski definition) is 4. The molecule has 0 spiro atoms. The average molecular weight is 507 g/mol. The minimum Gasteiger partial charge on any atom is -0.341 e. The van der Waals surface area contributed by atoms with Crippen LogP contribution in [0.3, 0.4) is 0 Å². The fourth-order valence-electron chi connectivity index (χ4n) is 5.36. The Hall–Kier alpha value is -3.48. The van der Waals surface area contributed by atoms with Crippen LogP contribution in [-0.4, -0.2) is 32.0 Å². The van der Waals surface area contributed by atoms with Gasteiger partial charge in [0.15, 0.2) is 0 Å². The summed E-state index contributed by atoms with van der Waals surface area (Å²) in [6.07, 6.45) is 1.12. The van der Waals surface area contributed by atoms with Crippen LogP contribution in [0.25, 0.3) is 44.3 Å². The zero-order valence-corrected chi connectivity index (χ0v) is 23.0. The van der Waals surface area contributed by atoms with E-state index in [1.807, 2.05) is 0 Å². The topological polar surface area (TPSA) is 81.4 Å². The van der Waals surface area contributed by atoms with Crippen molar-refractivity contribution in [2.24, 2.45) is 11.8 Å². The Morgan fingerprint density at radius 2 is 1.37 bits per heavy atom. The standard InChI is InChI=1S/C32H38N6/c1-18(2)20(4)33-17-31-35-26-12-10-24(15-28(26)36-31)22-6-8-23(9-7-22)25-11-13-27-29(16-25)38-32(37-27)30-14-19(3)21(5)34-30/h6-13,15-16,18-21,30,33-34H,14,17H2,1-5H3,(H,35,36)(H,37,38)/t19?,20-,21-,30+/m1/s1. The van der Waals surface area contributed by atoms with E-state index in [1.54, 1.807) is 0 Å². The summed E-state index contributed by atoms with van der Waals surface area (Å²) in [5, 5.41) is 7.23. The molecule has 0 radical (unpaired) electrons. The Morgan fingerprint density at radius 3 is 1.95 bits per heavy atom. The van der Waals surface area contributed by atoms with Crippen molar-refractivity contribution in [2.75, 3.05) is 0 Å². The number of nitrogens with zero attached hydrogens (tertiary/aromatic N) is 2. The van der Waals surface area contributed by atoms with Crippen LogP contribution in [0, 0.1) is 11.8 Å². The number of aromatic amines is 2. The van der Waals surface area contributed by atoms with Crippen molar-refractivity contribution in [2.45, 2.75) is 65.7 Å². The van der Waals surface area contributed by atoms with Crippen LogP contribution in [-0.2, 0) is 6.54 Å². The molecule has 1 fully saturated rings. The van der Waals surface area contributed by atoms with Gasteiger partial charge in [-0.2, -0.15) is 0 Å². The van der Waals surface area contributed by atoms with Crippen molar-refractivity contribution in [3.8, 4) is 22.3 Å². The van der Waals surface area contributed by atoms with Crippen LogP contribution in [0.5, 0.6) is 0 Å². The van der Waals surface area contributed by atoms with Crippen molar-refractivity contribution in [3.63, 3.8) is 0 Å². The molecule has 0 bridgehead atoms. The number of nitrogens with one attached hydrogen (secondary N) is 4. The van der Waals surface area contributed by atoms with Crippen molar-refractivity contribution < 1.29 is 0 Å². The van der Waals surface area contributed by atoms with E-state index in [1.165, 1.54) is 22.3 Å². The molecule has 0 amide bonds. The molecule has 1 aliphatic heterocycles. The van der Waals surface area contributed by atoms with Crippen LogP contribution in [0.1, 0.15) is 58.7 Å². The molecule has 3 aromatic carbocycles. The lowest BCUT2D eigenvalue weighted by Crippen LogP contribution is -2.30. The Labute approximate surface area is 224 Å². The Morgan fingerprint density at radius 1 is 0.789 bits per heavy atom. The van der Waals surface area contributed by atoms with Crippen molar-refractivity contribution in [1.82, 2.24) is 30.6 Å². The molecule has 4 atom stereocenters. The second-order valence-electron chi connectivity index (χ2n) is 11.5. The molecule has 196 valence electrons. The van der Waals surface area contributed by atoms with E-state index >= 15 is 0 Å². The largest absolute Gasteiger partial charge is 0.341 e. The maximum absolute atomic E-state index is 4.88. The van der Waals surface area contributed by atoms with Crippen molar-refractivity contribution >= 4 is 22.1 Å². The lowest BCUT2D eigenvalue weighted by molar-refractivity contribution is 0.422.